The first-order chi connectivity index (χ1) is 13.6. The smallest absolute Gasteiger partial charge is 0.0645 e. The molecular formula is C24H30N4. The van der Waals surface area contributed by atoms with Gasteiger partial charge in [0.05, 0.1) is 11.4 Å². The third-order valence-corrected chi connectivity index (χ3v) is 5.62. The number of hydrogen-bond acceptors (Lipinski definition) is 3. The van der Waals surface area contributed by atoms with Crippen molar-refractivity contribution in [1.29, 1.82) is 0 Å². The molecule has 0 N–H and O–H groups in total. The van der Waals surface area contributed by atoms with Crippen LogP contribution < -0.4 is 0 Å². The summed E-state index contributed by atoms with van der Waals surface area (Å²) in [4.78, 5) is 4.82. The summed E-state index contributed by atoms with van der Waals surface area (Å²) in [6, 6.07) is 20.1. The molecule has 0 spiro atoms. The molecule has 0 saturated carbocycles. The zero-order chi connectivity index (χ0) is 19.5. The number of aryl methyl sites for hydroxylation is 1. The monoisotopic (exact) mass is 374 g/mol. The molecule has 28 heavy (non-hydrogen) atoms. The van der Waals surface area contributed by atoms with E-state index in [-0.39, 0.29) is 0 Å². The molecule has 1 saturated heterocycles. The van der Waals surface area contributed by atoms with E-state index in [1.54, 1.807) is 0 Å². The number of benzene rings is 2. The molecule has 146 valence electrons. The maximum absolute atomic E-state index is 4.75. The highest BCUT2D eigenvalue weighted by molar-refractivity contribution is 5.33. The lowest BCUT2D eigenvalue weighted by molar-refractivity contribution is 0.248. The van der Waals surface area contributed by atoms with Gasteiger partial charge in [0.2, 0.25) is 0 Å². The second kappa shape index (κ2) is 8.29. The van der Waals surface area contributed by atoms with Crippen molar-refractivity contribution in [2.45, 2.75) is 38.9 Å². The molecule has 0 radical (unpaired) electrons. The topological polar surface area (TPSA) is 24.3 Å². The van der Waals surface area contributed by atoms with Crippen molar-refractivity contribution in [1.82, 2.24) is 19.6 Å². The molecular weight excluding hydrogens is 344 g/mol. The Morgan fingerprint density at radius 3 is 2.50 bits per heavy atom. The van der Waals surface area contributed by atoms with Gasteiger partial charge in [-0.1, -0.05) is 42.5 Å². The van der Waals surface area contributed by atoms with E-state index in [1.807, 2.05) is 10.7 Å². The van der Waals surface area contributed by atoms with E-state index >= 15 is 0 Å². The fourth-order valence-electron chi connectivity index (χ4n) is 4.19. The third kappa shape index (κ3) is 4.18. The van der Waals surface area contributed by atoms with Gasteiger partial charge in [-0.15, -0.1) is 0 Å². The lowest BCUT2D eigenvalue weighted by atomic mass is 10.0. The quantitative estimate of drug-likeness (QED) is 0.631. The van der Waals surface area contributed by atoms with Gasteiger partial charge in [-0.25, -0.2) is 4.68 Å². The van der Waals surface area contributed by atoms with E-state index in [9.17, 15) is 0 Å². The lowest BCUT2D eigenvalue weighted by Crippen LogP contribution is -2.23. The second-order valence-electron chi connectivity index (χ2n) is 8.13. The van der Waals surface area contributed by atoms with E-state index in [0.29, 0.717) is 6.04 Å². The fraction of sp³-hybridized carbons (Fsp3) is 0.375. The molecule has 0 aliphatic carbocycles. The number of rotatable bonds is 6. The average Bonchev–Trinajstić information content (AvgIpc) is 3.30. The van der Waals surface area contributed by atoms with Crippen LogP contribution in [0.2, 0.25) is 0 Å². The molecule has 4 rings (SSSR count). The predicted molar refractivity (Wildman–Crippen MR) is 115 cm³/mol. The van der Waals surface area contributed by atoms with Crippen LogP contribution in [-0.4, -0.2) is 40.2 Å². The Labute approximate surface area is 168 Å². The van der Waals surface area contributed by atoms with E-state index in [0.717, 1.165) is 31.0 Å². The van der Waals surface area contributed by atoms with Gasteiger partial charge in [0.25, 0.3) is 0 Å². The van der Waals surface area contributed by atoms with Crippen LogP contribution in [0.1, 0.15) is 41.3 Å². The van der Waals surface area contributed by atoms with Gasteiger partial charge in [-0.2, -0.15) is 5.10 Å². The van der Waals surface area contributed by atoms with Crippen molar-refractivity contribution in [2.24, 2.45) is 0 Å². The first-order valence-electron chi connectivity index (χ1n) is 10.2. The van der Waals surface area contributed by atoms with Gasteiger partial charge in [0.15, 0.2) is 0 Å². The van der Waals surface area contributed by atoms with Crippen molar-refractivity contribution in [2.75, 3.05) is 20.6 Å². The largest absolute Gasteiger partial charge is 0.305 e. The minimum atomic E-state index is 0.507. The number of nitrogens with zero attached hydrogens (tertiary/aromatic N) is 4. The molecule has 4 heteroatoms. The van der Waals surface area contributed by atoms with Gasteiger partial charge in [-0.05, 0) is 63.7 Å². The van der Waals surface area contributed by atoms with E-state index in [2.05, 4.69) is 85.5 Å². The normalized spacial score (nSPS) is 17.5. The third-order valence-electron chi connectivity index (χ3n) is 5.62. The first-order valence-corrected chi connectivity index (χ1v) is 10.2. The van der Waals surface area contributed by atoms with Crippen molar-refractivity contribution >= 4 is 0 Å². The van der Waals surface area contributed by atoms with Crippen molar-refractivity contribution in [3.8, 4) is 5.69 Å². The summed E-state index contributed by atoms with van der Waals surface area (Å²) in [6.45, 7) is 5.23. The zero-order valence-corrected chi connectivity index (χ0v) is 17.2. The van der Waals surface area contributed by atoms with Crippen LogP contribution in [-0.2, 0) is 13.1 Å². The molecule has 1 unspecified atom stereocenters. The summed E-state index contributed by atoms with van der Waals surface area (Å²) >= 11 is 0. The molecule has 1 aromatic heterocycles. The highest BCUT2D eigenvalue weighted by Crippen LogP contribution is 2.33. The van der Waals surface area contributed by atoms with Crippen molar-refractivity contribution < 1.29 is 0 Å². The van der Waals surface area contributed by atoms with Crippen molar-refractivity contribution in [3.05, 3.63) is 83.2 Å². The average molecular weight is 375 g/mol. The summed E-state index contributed by atoms with van der Waals surface area (Å²) in [7, 11) is 4.23. The molecule has 3 aromatic rings. The van der Waals surface area contributed by atoms with Crippen LogP contribution >= 0.6 is 0 Å². The molecule has 2 aromatic carbocycles. The summed E-state index contributed by atoms with van der Waals surface area (Å²) in [6.07, 6.45) is 4.69. The highest BCUT2D eigenvalue weighted by atomic mass is 15.3. The highest BCUT2D eigenvalue weighted by Gasteiger charge is 2.26. The Balaban J connectivity index is 1.49. The molecule has 1 aliphatic rings. The van der Waals surface area contributed by atoms with Gasteiger partial charge in [0, 0.05) is 30.9 Å². The first kappa shape index (κ1) is 18.9. The number of para-hydroxylation sites is 1. The Kier molecular flexibility index (Phi) is 5.60. The molecule has 1 atom stereocenters. The van der Waals surface area contributed by atoms with Crippen LogP contribution in [0.3, 0.4) is 0 Å². The van der Waals surface area contributed by atoms with Crippen LogP contribution in [0.25, 0.3) is 5.69 Å². The van der Waals surface area contributed by atoms with Gasteiger partial charge >= 0.3 is 0 Å². The maximum atomic E-state index is 4.75. The Morgan fingerprint density at radius 2 is 1.79 bits per heavy atom. The minimum Gasteiger partial charge on any atom is -0.305 e. The second-order valence-corrected chi connectivity index (χ2v) is 8.13. The molecule has 1 fully saturated rings. The van der Waals surface area contributed by atoms with Crippen molar-refractivity contribution in [3.63, 3.8) is 0 Å². The Hall–Kier alpha value is -2.43. The Bertz CT molecular complexity index is 896. The number of likely N-dealkylation sites (tertiary alicyclic amines) is 1. The molecule has 4 nitrogen and oxygen atoms in total. The molecule has 0 amide bonds. The number of aromatic nitrogens is 2. The van der Waals surface area contributed by atoms with Crippen LogP contribution in [0.4, 0.5) is 0 Å². The lowest BCUT2D eigenvalue weighted by Gasteiger charge is -2.25. The minimum absolute atomic E-state index is 0.507. The maximum Gasteiger partial charge on any atom is 0.0645 e. The molecule has 1 aliphatic heterocycles. The SMILES string of the molecule is Cc1nn(-c2ccccc2)cc1CN1CCCC1c1ccc(CN(C)C)cc1. The van der Waals surface area contributed by atoms with Gasteiger partial charge in [-0.3, -0.25) is 4.90 Å². The van der Waals surface area contributed by atoms with Gasteiger partial charge < -0.3 is 4.90 Å². The zero-order valence-electron chi connectivity index (χ0n) is 17.2. The molecule has 2 heterocycles. The van der Waals surface area contributed by atoms with E-state index < -0.39 is 0 Å². The standard InChI is InChI=1S/C24H30N4/c1-19-22(18-28(25-19)23-8-5-4-6-9-23)17-27-15-7-10-24(27)21-13-11-20(12-14-21)16-26(2)3/h4-6,8-9,11-14,18,24H,7,10,15-17H2,1-3H3. The Morgan fingerprint density at radius 1 is 1.04 bits per heavy atom. The number of hydrogen-bond donors (Lipinski definition) is 0. The van der Waals surface area contributed by atoms with Crippen LogP contribution in [0.5, 0.6) is 0 Å². The molecule has 0 bridgehead atoms. The summed E-state index contributed by atoms with van der Waals surface area (Å²) in [5.41, 5.74) is 6.37. The van der Waals surface area contributed by atoms with E-state index in [1.165, 1.54) is 29.5 Å². The van der Waals surface area contributed by atoms with Gasteiger partial charge in [0.1, 0.15) is 0 Å². The summed E-state index contributed by atoms with van der Waals surface area (Å²) < 4.78 is 2.01. The predicted octanol–water partition coefficient (Wildman–Crippen LogP) is 4.58. The van der Waals surface area contributed by atoms with Crippen LogP contribution in [0, 0.1) is 6.92 Å². The fourth-order valence-corrected chi connectivity index (χ4v) is 4.19. The van der Waals surface area contributed by atoms with E-state index in [4.69, 9.17) is 5.10 Å². The van der Waals surface area contributed by atoms with Crippen LogP contribution in [0.15, 0.2) is 60.8 Å². The summed E-state index contributed by atoms with van der Waals surface area (Å²) in [5, 5.41) is 4.75. The summed E-state index contributed by atoms with van der Waals surface area (Å²) in [5.74, 6) is 0.